The van der Waals surface area contributed by atoms with Gasteiger partial charge in [-0.15, -0.1) is 0 Å². The van der Waals surface area contributed by atoms with Crippen molar-refractivity contribution in [2.24, 2.45) is 0 Å². The molecule has 7 heteroatoms. The van der Waals surface area contributed by atoms with Gasteiger partial charge in [-0.25, -0.2) is 8.42 Å². The van der Waals surface area contributed by atoms with E-state index < -0.39 is 9.84 Å². The van der Waals surface area contributed by atoms with E-state index >= 15 is 0 Å². The largest absolute Gasteiger partial charge is 0.348 e. The highest BCUT2D eigenvalue weighted by atomic mass is 127. The number of hydrogen-bond acceptors (Lipinski definition) is 3. The Morgan fingerprint density at radius 1 is 1.44 bits per heavy atom. The average Bonchev–Trinajstić information content (AvgIpc) is 2.61. The third-order valence-corrected chi connectivity index (χ3v) is 5.87. The lowest BCUT2D eigenvalue weighted by molar-refractivity contribution is 0.0940. The molecule has 1 heterocycles. The van der Waals surface area contributed by atoms with E-state index in [0.717, 1.165) is 3.57 Å². The van der Waals surface area contributed by atoms with Gasteiger partial charge in [0.15, 0.2) is 9.84 Å². The van der Waals surface area contributed by atoms with Crippen molar-refractivity contribution in [3.8, 4) is 0 Å². The van der Waals surface area contributed by atoms with E-state index in [-0.39, 0.29) is 23.5 Å². The summed E-state index contributed by atoms with van der Waals surface area (Å²) in [6.45, 7) is 0. The van der Waals surface area contributed by atoms with Gasteiger partial charge in [-0.2, -0.15) is 0 Å². The van der Waals surface area contributed by atoms with Crippen LogP contribution in [-0.4, -0.2) is 31.9 Å². The van der Waals surface area contributed by atoms with Crippen LogP contribution in [0.1, 0.15) is 16.8 Å². The summed E-state index contributed by atoms with van der Waals surface area (Å²) in [5, 5.41) is 2.77. The van der Waals surface area contributed by atoms with Crippen LogP contribution in [0.3, 0.4) is 0 Å². The maximum absolute atomic E-state index is 12.0. The fraction of sp³-hybridized carbons (Fsp3) is 0.364. The normalized spacial score (nSPS) is 21.8. The number of nitrogens with one attached hydrogen (secondary N) is 1. The minimum Gasteiger partial charge on any atom is -0.348 e. The van der Waals surface area contributed by atoms with E-state index in [1.807, 2.05) is 12.1 Å². The van der Waals surface area contributed by atoms with Gasteiger partial charge in [0, 0.05) is 14.1 Å². The Morgan fingerprint density at radius 2 is 2.17 bits per heavy atom. The SMILES string of the molecule is O=C(NC1CCS(=O)(=O)C1)c1cc(I)ccc1Br. The van der Waals surface area contributed by atoms with Gasteiger partial charge < -0.3 is 5.32 Å². The molecule has 98 valence electrons. The lowest BCUT2D eigenvalue weighted by Gasteiger charge is -2.12. The average molecular weight is 444 g/mol. The summed E-state index contributed by atoms with van der Waals surface area (Å²) < 4.78 is 24.3. The fourth-order valence-corrected chi connectivity index (χ4v) is 4.43. The summed E-state index contributed by atoms with van der Waals surface area (Å²) in [6.07, 6.45) is 0.496. The molecule has 2 rings (SSSR count). The maximum Gasteiger partial charge on any atom is 0.252 e. The molecule has 0 aromatic heterocycles. The fourth-order valence-electron chi connectivity index (χ4n) is 1.84. The van der Waals surface area contributed by atoms with Gasteiger partial charge in [0.2, 0.25) is 0 Å². The van der Waals surface area contributed by atoms with E-state index in [4.69, 9.17) is 0 Å². The van der Waals surface area contributed by atoms with Gasteiger partial charge in [0.25, 0.3) is 5.91 Å². The van der Waals surface area contributed by atoms with Crippen molar-refractivity contribution in [3.63, 3.8) is 0 Å². The van der Waals surface area contributed by atoms with Gasteiger partial charge in [0.1, 0.15) is 0 Å². The zero-order chi connectivity index (χ0) is 13.3. The Kier molecular flexibility index (Phi) is 4.32. The number of sulfone groups is 1. The molecule has 1 aliphatic rings. The molecule has 1 aliphatic heterocycles. The van der Waals surface area contributed by atoms with E-state index in [9.17, 15) is 13.2 Å². The van der Waals surface area contributed by atoms with Crippen molar-refractivity contribution in [1.29, 1.82) is 0 Å². The first-order valence-electron chi connectivity index (χ1n) is 5.34. The molecule has 0 saturated carbocycles. The summed E-state index contributed by atoms with van der Waals surface area (Å²) in [6, 6.07) is 5.19. The van der Waals surface area contributed by atoms with E-state index in [2.05, 4.69) is 43.8 Å². The summed E-state index contributed by atoms with van der Waals surface area (Å²) >= 11 is 5.45. The maximum atomic E-state index is 12.0. The molecule has 0 bridgehead atoms. The number of halogens is 2. The van der Waals surface area contributed by atoms with Crippen molar-refractivity contribution in [2.75, 3.05) is 11.5 Å². The number of rotatable bonds is 2. The van der Waals surface area contributed by atoms with Crippen LogP contribution in [0.2, 0.25) is 0 Å². The minimum atomic E-state index is -2.97. The number of hydrogen-bond donors (Lipinski definition) is 1. The summed E-state index contributed by atoms with van der Waals surface area (Å²) in [7, 11) is -2.97. The first kappa shape index (κ1) is 14.3. The molecule has 1 unspecified atom stereocenters. The smallest absolute Gasteiger partial charge is 0.252 e. The second kappa shape index (κ2) is 5.46. The molecule has 4 nitrogen and oxygen atoms in total. The van der Waals surface area contributed by atoms with Crippen LogP contribution >= 0.6 is 38.5 Å². The van der Waals surface area contributed by atoms with Crippen LogP contribution < -0.4 is 5.32 Å². The Balaban J connectivity index is 2.11. The van der Waals surface area contributed by atoms with Gasteiger partial charge in [0.05, 0.1) is 17.1 Å². The topological polar surface area (TPSA) is 63.2 Å². The monoisotopic (exact) mass is 443 g/mol. The third-order valence-electron chi connectivity index (χ3n) is 2.74. The first-order chi connectivity index (χ1) is 8.37. The van der Waals surface area contributed by atoms with Crippen LogP contribution in [0.25, 0.3) is 0 Å². The Hall–Kier alpha value is -0.150. The standard InChI is InChI=1S/C11H11BrINO3S/c12-10-2-1-7(13)5-9(10)11(15)14-8-3-4-18(16,17)6-8/h1-2,5,8H,3-4,6H2,(H,14,15). The molecule has 1 saturated heterocycles. The number of benzene rings is 1. The van der Waals surface area contributed by atoms with Gasteiger partial charge in [-0.1, -0.05) is 0 Å². The molecular formula is C11H11BrINO3S. The number of amides is 1. The second-order valence-electron chi connectivity index (χ2n) is 4.20. The van der Waals surface area contributed by atoms with Gasteiger partial charge in [-0.3, -0.25) is 4.79 Å². The molecule has 0 radical (unpaired) electrons. The first-order valence-corrected chi connectivity index (χ1v) is 9.03. The third kappa shape index (κ3) is 3.45. The highest BCUT2D eigenvalue weighted by molar-refractivity contribution is 14.1. The summed E-state index contributed by atoms with van der Waals surface area (Å²) in [5.74, 6) is -0.0337. The summed E-state index contributed by atoms with van der Waals surface area (Å²) in [4.78, 5) is 12.0. The van der Waals surface area contributed by atoms with Crippen LogP contribution in [0.4, 0.5) is 0 Å². The zero-order valence-corrected chi connectivity index (χ0v) is 13.9. The van der Waals surface area contributed by atoms with Crippen molar-refractivity contribution in [1.82, 2.24) is 5.32 Å². The Morgan fingerprint density at radius 3 is 2.78 bits per heavy atom. The lowest BCUT2D eigenvalue weighted by atomic mass is 10.2. The highest BCUT2D eigenvalue weighted by Crippen LogP contribution is 2.20. The second-order valence-corrected chi connectivity index (χ2v) is 8.53. The zero-order valence-electron chi connectivity index (χ0n) is 9.32. The predicted molar refractivity (Wildman–Crippen MR) is 81.4 cm³/mol. The molecule has 1 aromatic carbocycles. The quantitative estimate of drug-likeness (QED) is 0.711. The van der Waals surface area contributed by atoms with Crippen LogP contribution in [0.15, 0.2) is 22.7 Å². The molecule has 0 aliphatic carbocycles. The summed E-state index contributed by atoms with van der Waals surface area (Å²) in [5.41, 5.74) is 0.534. The molecular weight excluding hydrogens is 433 g/mol. The van der Waals surface area contributed by atoms with Crippen molar-refractivity contribution < 1.29 is 13.2 Å². The van der Waals surface area contributed by atoms with Crippen molar-refractivity contribution in [2.45, 2.75) is 12.5 Å². The lowest BCUT2D eigenvalue weighted by Crippen LogP contribution is -2.35. The van der Waals surface area contributed by atoms with E-state index in [0.29, 0.717) is 16.5 Å². The van der Waals surface area contributed by atoms with Crippen LogP contribution in [0.5, 0.6) is 0 Å². The van der Waals surface area contributed by atoms with Crippen LogP contribution in [-0.2, 0) is 9.84 Å². The molecule has 0 spiro atoms. The molecule has 1 fully saturated rings. The number of carbonyl (C=O) groups excluding carboxylic acids is 1. The van der Waals surface area contributed by atoms with E-state index in [1.54, 1.807) is 6.07 Å². The Labute approximate surface area is 128 Å². The minimum absolute atomic E-state index is 0.0419. The van der Waals surface area contributed by atoms with Gasteiger partial charge >= 0.3 is 0 Å². The van der Waals surface area contributed by atoms with Crippen LogP contribution in [0, 0.1) is 3.57 Å². The molecule has 1 N–H and O–H groups in total. The molecule has 1 atom stereocenters. The predicted octanol–water partition coefficient (Wildman–Crippen LogP) is 1.97. The van der Waals surface area contributed by atoms with Gasteiger partial charge in [-0.05, 0) is 63.1 Å². The number of carbonyl (C=O) groups is 1. The molecule has 1 aromatic rings. The van der Waals surface area contributed by atoms with Crippen molar-refractivity contribution >= 4 is 54.3 Å². The van der Waals surface area contributed by atoms with Crippen molar-refractivity contribution in [3.05, 3.63) is 31.8 Å². The molecule has 1 amide bonds. The van der Waals surface area contributed by atoms with E-state index in [1.165, 1.54) is 0 Å². The Bertz CT molecular complexity index is 588. The molecule has 18 heavy (non-hydrogen) atoms. The highest BCUT2D eigenvalue weighted by Gasteiger charge is 2.29.